The quantitative estimate of drug-likeness (QED) is 0.576. The van der Waals surface area contributed by atoms with Crippen LogP contribution in [0.2, 0.25) is 15.1 Å². The van der Waals surface area contributed by atoms with E-state index in [1.807, 2.05) is 0 Å². The van der Waals surface area contributed by atoms with Gasteiger partial charge in [-0.25, -0.2) is 4.39 Å². The highest BCUT2D eigenvalue weighted by atomic mass is 35.5. The van der Waals surface area contributed by atoms with Gasteiger partial charge in [-0.1, -0.05) is 34.8 Å². The molecular formula is C17H9Cl3FNO2. The Kier molecular flexibility index (Phi) is 4.81. The molecule has 0 bridgehead atoms. The fourth-order valence-corrected chi connectivity index (χ4v) is 2.62. The second kappa shape index (κ2) is 6.85. The molecule has 3 rings (SSSR count). The van der Waals surface area contributed by atoms with Gasteiger partial charge in [-0.2, -0.15) is 0 Å². The number of nitrogens with one attached hydrogen (secondary N) is 1. The van der Waals surface area contributed by atoms with Crippen molar-refractivity contribution in [3.05, 3.63) is 75.2 Å². The van der Waals surface area contributed by atoms with Gasteiger partial charge in [0.15, 0.2) is 5.76 Å². The molecule has 0 saturated heterocycles. The molecule has 0 fully saturated rings. The fraction of sp³-hybridized carbons (Fsp3) is 0. The summed E-state index contributed by atoms with van der Waals surface area (Å²) in [5.41, 5.74) is 0.929. The van der Waals surface area contributed by atoms with Crippen LogP contribution in [-0.2, 0) is 0 Å². The predicted octanol–water partition coefficient (Wildman–Crippen LogP) is 6.30. The minimum absolute atomic E-state index is 0.0708. The van der Waals surface area contributed by atoms with Gasteiger partial charge < -0.3 is 9.73 Å². The lowest BCUT2D eigenvalue weighted by Crippen LogP contribution is -2.10. The summed E-state index contributed by atoms with van der Waals surface area (Å²) >= 11 is 17.7. The third-order valence-corrected chi connectivity index (χ3v) is 4.06. The summed E-state index contributed by atoms with van der Waals surface area (Å²) in [6.07, 6.45) is 0. The first-order valence-electron chi connectivity index (χ1n) is 6.76. The molecule has 0 unspecified atom stereocenters. The van der Waals surface area contributed by atoms with Gasteiger partial charge in [0.25, 0.3) is 5.91 Å². The Morgan fingerprint density at radius 2 is 1.75 bits per heavy atom. The minimum atomic E-state index is -0.564. The van der Waals surface area contributed by atoms with Gasteiger partial charge >= 0.3 is 0 Å². The van der Waals surface area contributed by atoms with Crippen LogP contribution >= 0.6 is 34.8 Å². The molecule has 0 aliphatic heterocycles. The summed E-state index contributed by atoms with van der Waals surface area (Å²) in [5, 5.41) is 3.44. The number of anilines is 1. The molecule has 0 radical (unpaired) electrons. The average molecular weight is 385 g/mol. The Balaban J connectivity index is 1.83. The van der Waals surface area contributed by atoms with E-state index < -0.39 is 11.7 Å². The van der Waals surface area contributed by atoms with Crippen LogP contribution in [-0.4, -0.2) is 5.91 Å². The van der Waals surface area contributed by atoms with Crippen LogP contribution < -0.4 is 5.32 Å². The molecule has 7 heteroatoms. The maximum atomic E-state index is 13.1. The fourth-order valence-electron chi connectivity index (χ4n) is 2.06. The number of halogens is 4. The maximum absolute atomic E-state index is 13.1. The molecule has 1 N–H and O–H groups in total. The standard InChI is InChI=1S/C17H9Cl3FNO2/c18-9-1-3-12(19)11(7-9)15-5-6-16(24-15)17(23)22-10-2-4-14(21)13(20)8-10/h1-8H,(H,22,23). The highest BCUT2D eigenvalue weighted by molar-refractivity contribution is 6.35. The van der Waals surface area contributed by atoms with Crippen LogP contribution in [0, 0.1) is 5.82 Å². The molecule has 1 amide bonds. The molecule has 3 aromatic rings. The summed E-state index contributed by atoms with van der Waals surface area (Å²) in [6.45, 7) is 0. The second-order valence-electron chi connectivity index (χ2n) is 4.87. The number of hydrogen-bond acceptors (Lipinski definition) is 2. The third kappa shape index (κ3) is 3.56. The lowest BCUT2D eigenvalue weighted by atomic mass is 10.2. The van der Waals surface area contributed by atoms with Crippen molar-refractivity contribution in [2.24, 2.45) is 0 Å². The van der Waals surface area contributed by atoms with Crippen molar-refractivity contribution in [1.29, 1.82) is 0 Å². The SMILES string of the molecule is O=C(Nc1ccc(F)c(Cl)c1)c1ccc(-c2cc(Cl)ccc2Cl)o1. The first-order valence-corrected chi connectivity index (χ1v) is 7.89. The van der Waals surface area contributed by atoms with Crippen LogP contribution in [0.25, 0.3) is 11.3 Å². The first-order chi connectivity index (χ1) is 11.4. The molecule has 1 aromatic heterocycles. The Hall–Kier alpha value is -2.01. The normalized spacial score (nSPS) is 10.7. The number of carbonyl (C=O) groups is 1. The van der Waals surface area contributed by atoms with E-state index in [0.29, 0.717) is 27.1 Å². The monoisotopic (exact) mass is 383 g/mol. The molecule has 2 aromatic carbocycles. The summed E-state index contributed by atoms with van der Waals surface area (Å²) in [6, 6.07) is 11.9. The average Bonchev–Trinajstić information content (AvgIpc) is 3.03. The lowest BCUT2D eigenvalue weighted by Gasteiger charge is -2.04. The van der Waals surface area contributed by atoms with Crippen LogP contribution in [0.5, 0.6) is 0 Å². The van der Waals surface area contributed by atoms with E-state index in [9.17, 15) is 9.18 Å². The van der Waals surface area contributed by atoms with E-state index in [4.69, 9.17) is 39.2 Å². The number of furan rings is 1. The maximum Gasteiger partial charge on any atom is 0.291 e. The van der Waals surface area contributed by atoms with E-state index in [1.54, 1.807) is 24.3 Å². The molecule has 1 heterocycles. The molecule has 0 atom stereocenters. The van der Waals surface area contributed by atoms with Gasteiger partial charge in [-0.3, -0.25) is 4.79 Å². The van der Waals surface area contributed by atoms with Gasteiger partial charge in [-0.05, 0) is 48.5 Å². The zero-order valence-corrected chi connectivity index (χ0v) is 14.2. The van der Waals surface area contributed by atoms with Crippen molar-refractivity contribution in [1.82, 2.24) is 0 Å². The Morgan fingerprint density at radius 1 is 0.958 bits per heavy atom. The third-order valence-electron chi connectivity index (χ3n) is 3.20. The van der Waals surface area contributed by atoms with E-state index >= 15 is 0 Å². The number of rotatable bonds is 3. The molecule has 0 saturated carbocycles. The molecule has 0 aliphatic carbocycles. The van der Waals surface area contributed by atoms with E-state index in [2.05, 4.69) is 5.32 Å². The number of benzene rings is 2. The van der Waals surface area contributed by atoms with Crippen molar-refractivity contribution in [3.63, 3.8) is 0 Å². The Labute approximate surface area is 151 Å². The van der Waals surface area contributed by atoms with Gasteiger partial charge in [0.05, 0.1) is 10.0 Å². The lowest BCUT2D eigenvalue weighted by molar-refractivity contribution is 0.0997. The molecule has 0 spiro atoms. The highest BCUT2D eigenvalue weighted by Crippen LogP contribution is 2.32. The number of hydrogen-bond donors (Lipinski definition) is 1. The minimum Gasteiger partial charge on any atom is -0.451 e. The molecule has 3 nitrogen and oxygen atoms in total. The summed E-state index contributed by atoms with van der Waals surface area (Å²) < 4.78 is 18.7. The van der Waals surface area contributed by atoms with E-state index in [1.165, 1.54) is 18.2 Å². The van der Waals surface area contributed by atoms with E-state index in [0.717, 1.165) is 6.07 Å². The van der Waals surface area contributed by atoms with Crippen LogP contribution in [0.15, 0.2) is 52.9 Å². The van der Waals surface area contributed by atoms with Gasteiger partial charge in [0.1, 0.15) is 11.6 Å². The molecular weight excluding hydrogens is 376 g/mol. The van der Waals surface area contributed by atoms with Gasteiger partial charge in [0, 0.05) is 16.3 Å². The topological polar surface area (TPSA) is 42.2 Å². The molecule has 24 heavy (non-hydrogen) atoms. The predicted molar refractivity (Wildman–Crippen MR) is 93.5 cm³/mol. The summed E-state index contributed by atoms with van der Waals surface area (Å²) in [4.78, 5) is 12.2. The van der Waals surface area contributed by atoms with Gasteiger partial charge in [0.2, 0.25) is 0 Å². The Morgan fingerprint density at radius 3 is 2.50 bits per heavy atom. The van der Waals surface area contributed by atoms with Crippen molar-refractivity contribution in [2.45, 2.75) is 0 Å². The second-order valence-corrected chi connectivity index (χ2v) is 6.12. The van der Waals surface area contributed by atoms with Crippen LogP contribution in [0.4, 0.5) is 10.1 Å². The van der Waals surface area contributed by atoms with Crippen molar-refractivity contribution in [3.8, 4) is 11.3 Å². The van der Waals surface area contributed by atoms with Crippen molar-refractivity contribution < 1.29 is 13.6 Å². The molecule has 122 valence electrons. The smallest absolute Gasteiger partial charge is 0.291 e. The van der Waals surface area contributed by atoms with E-state index in [-0.39, 0.29) is 10.8 Å². The summed E-state index contributed by atoms with van der Waals surface area (Å²) in [5.74, 6) is -0.584. The van der Waals surface area contributed by atoms with Crippen LogP contribution in [0.1, 0.15) is 10.6 Å². The number of carbonyl (C=O) groups excluding carboxylic acids is 1. The zero-order chi connectivity index (χ0) is 17.3. The van der Waals surface area contributed by atoms with Gasteiger partial charge in [-0.15, -0.1) is 0 Å². The zero-order valence-electron chi connectivity index (χ0n) is 11.9. The molecule has 0 aliphatic rings. The largest absolute Gasteiger partial charge is 0.451 e. The number of amides is 1. The highest BCUT2D eigenvalue weighted by Gasteiger charge is 2.15. The summed E-state index contributed by atoms with van der Waals surface area (Å²) in [7, 11) is 0. The van der Waals surface area contributed by atoms with Crippen LogP contribution in [0.3, 0.4) is 0 Å². The first kappa shape index (κ1) is 16.8. The Bertz CT molecular complexity index is 924. The van der Waals surface area contributed by atoms with Crippen molar-refractivity contribution in [2.75, 3.05) is 5.32 Å². The van der Waals surface area contributed by atoms with Crippen molar-refractivity contribution >= 4 is 46.4 Å².